The molecular weight excluding hydrogens is 234 g/mol. The van der Waals surface area contributed by atoms with Crippen molar-refractivity contribution < 1.29 is 0 Å². The zero-order valence-electron chi connectivity index (χ0n) is 12.5. The monoisotopic (exact) mass is 257 g/mol. The minimum Gasteiger partial charge on any atom is -0.313 e. The van der Waals surface area contributed by atoms with E-state index in [2.05, 4.69) is 62.4 Å². The fourth-order valence-corrected chi connectivity index (χ4v) is 2.51. The molecule has 1 N–H and O–H groups in total. The predicted molar refractivity (Wildman–Crippen MR) is 79.9 cm³/mol. The van der Waals surface area contributed by atoms with E-state index in [0.29, 0.717) is 6.04 Å². The van der Waals surface area contributed by atoms with Crippen LogP contribution in [-0.2, 0) is 6.42 Å². The van der Waals surface area contributed by atoms with E-state index in [1.165, 1.54) is 16.8 Å². The average molecular weight is 257 g/mol. The molecule has 2 aromatic rings. The molecular formula is C16H23N3. The summed E-state index contributed by atoms with van der Waals surface area (Å²) >= 11 is 0. The van der Waals surface area contributed by atoms with E-state index < -0.39 is 0 Å². The third-order valence-electron chi connectivity index (χ3n) is 3.87. The standard InChI is InChI=1S/C16H23N3/c1-6-16-12(3)18-19(13(16)4)15-9-7-14(8-10-15)11(2)17-5/h7-11,17H,6H2,1-5H3. The summed E-state index contributed by atoms with van der Waals surface area (Å²) in [7, 11) is 1.98. The molecule has 0 aliphatic heterocycles. The fraction of sp³-hybridized carbons (Fsp3) is 0.438. The molecule has 0 fully saturated rings. The summed E-state index contributed by atoms with van der Waals surface area (Å²) in [5, 5.41) is 7.90. The Hall–Kier alpha value is -1.61. The Balaban J connectivity index is 2.37. The minimum atomic E-state index is 0.376. The van der Waals surface area contributed by atoms with E-state index in [1.54, 1.807) is 0 Å². The summed E-state index contributed by atoms with van der Waals surface area (Å²) in [6.45, 7) is 8.56. The van der Waals surface area contributed by atoms with Gasteiger partial charge in [0.15, 0.2) is 0 Å². The van der Waals surface area contributed by atoms with Crippen molar-refractivity contribution in [1.82, 2.24) is 15.1 Å². The zero-order valence-corrected chi connectivity index (χ0v) is 12.5. The van der Waals surface area contributed by atoms with Gasteiger partial charge in [0.25, 0.3) is 0 Å². The molecule has 1 atom stereocenters. The van der Waals surface area contributed by atoms with Crippen molar-refractivity contribution >= 4 is 0 Å². The molecule has 0 aliphatic rings. The zero-order chi connectivity index (χ0) is 14.0. The summed E-state index contributed by atoms with van der Waals surface area (Å²) in [5.41, 5.74) is 6.16. The summed E-state index contributed by atoms with van der Waals surface area (Å²) in [4.78, 5) is 0. The van der Waals surface area contributed by atoms with Crippen molar-refractivity contribution in [1.29, 1.82) is 0 Å². The highest BCUT2D eigenvalue weighted by Crippen LogP contribution is 2.20. The lowest BCUT2D eigenvalue weighted by molar-refractivity contribution is 0.652. The molecule has 0 aliphatic carbocycles. The van der Waals surface area contributed by atoms with Crippen LogP contribution in [0.25, 0.3) is 5.69 Å². The van der Waals surface area contributed by atoms with Gasteiger partial charge >= 0.3 is 0 Å². The van der Waals surface area contributed by atoms with Gasteiger partial charge < -0.3 is 5.32 Å². The van der Waals surface area contributed by atoms with Crippen molar-refractivity contribution in [2.75, 3.05) is 7.05 Å². The lowest BCUT2D eigenvalue weighted by atomic mass is 10.1. The Bertz CT molecular complexity index is 552. The molecule has 1 aromatic carbocycles. The predicted octanol–water partition coefficient (Wildman–Crippen LogP) is 3.33. The molecule has 1 unspecified atom stereocenters. The van der Waals surface area contributed by atoms with Gasteiger partial charge in [-0.05, 0) is 57.5 Å². The maximum absolute atomic E-state index is 4.65. The van der Waals surface area contributed by atoms with E-state index in [-0.39, 0.29) is 0 Å². The number of benzene rings is 1. The Morgan fingerprint density at radius 2 is 1.84 bits per heavy atom. The number of aryl methyl sites for hydroxylation is 1. The number of aromatic nitrogens is 2. The summed E-state index contributed by atoms with van der Waals surface area (Å²) in [6, 6.07) is 8.99. The second-order valence-corrected chi connectivity index (χ2v) is 5.02. The Morgan fingerprint density at radius 1 is 1.21 bits per heavy atom. The minimum absolute atomic E-state index is 0.376. The van der Waals surface area contributed by atoms with Gasteiger partial charge in [0.05, 0.1) is 11.4 Å². The highest BCUT2D eigenvalue weighted by Gasteiger charge is 2.11. The molecule has 0 spiro atoms. The van der Waals surface area contributed by atoms with E-state index in [1.807, 2.05) is 11.7 Å². The first-order valence-electron chi connectivity index (χ1n) is 6.91. The molecule has 3 nitrogen and oxygen atoms in total. The summed E-state index contributed by atoms with van der Waals surface area (Å²) < 4.78 is 2.04. The van der Waals surface area contributed by atoms with Crippen molar-refractivity contribution in [3.8, 4) is 5.69 Å². The largest absolute Gasteiger partial charge is 0.313 e. The quantitative estimate of drug-likeness (QED) is 0.910. The van der Waals surface area contributed by atoms with Gasteiger partial charge in [-0.25, -0.2) is 4.68 Å². The highest BCUT2D eigenvalue weighted by molar-refractivity contribution is 5.39. The first-order valence-corrected chi connectivity index (χ1v) is 6.91. The maximum Gasteiger partial charge on any atom is 0.0649 e. The second kappa shape index (κ2) is 5.57. The van der Waals surface area contributed by atoms with Gasteiger partial charge in [0.1, 0.15) is 0 Å². The maximum atomic E-state index is 4.65. The van der Waals surface area contributed by atoms with Crippen LogP contribution in [0.4, 0.5) is 0 Å². The van der Waals surface area contributed by atoms with Crippen molar-refractivity contribution in [2.24, 2.45) is 0 Å². The first-order chi connectivity index (χ1) is 9.08. The van der Waals surface area contributed by atoms with E-state index in [0.717, 1.165) is 17.8 Å². The SMILES string of the molecule is CCc1c(C)nn(-c2ccc(C(C)NC)cc2)c1C. The van der Waals surface area contributed by atoms with Crippen LogP contribution >= 0.6 is 0 Å². The molecule has 0 bridgehead atoms. The van der Waals surface area contributed by atoms with Gasteiger partial charge in [0.2, 0.25) is 0 Å². The van der Waals surface area contributed by atoms with Crippen LogP contribution in [0, 0.1) is 13.8 Å². The highest BCUT2D eigenvalue weighted by atomic mass is 15.3. The van der Waals surface area contributed by atoms with Gasteiger partial charge in [-0.1, -0.05) is 19.1 Å². The van der Waals surface area contributed by atoms with Gasteiger partial charge in [0, 0.05) is 11.7 Å². The van der Waals surface area contributed by atoms with Crippen molar-refractivity contribution in [3.63, 3.8) is 0 Å². The van der Waals surface area contributed by atoms with E-state index in [9.17, 15) is 0 Å². The van der Waals surface area contributed by atoms with Crippen LogP contribution in [0.2, 0.25) is 0 Å². The van der Waals surface area contributed by atoms with Crippen LogP contribution < -0.4 is 5.32 Å². The molecule has 19 heavy (non-hydrogen) atoms. The fourth-order valence-electron chi connectivity index (χ4n) is 2.51. The topological polar surface area (TPSA) is 29.9 Å². The molecule has 0 radical (unpaired) electrons. The van der Waals surface area contributed by atoms with Crippen molar-refractivity contribution in [3.05, 3.63) is 46.8 Å². The molecule has 2 rings (SSSR count). The molecule has 1 heterocycles. The normalized spacial score (nSPS) is 12.7. The summed E-state index contributed by atoms with van der Waals surface area (Å²) in [6.07, 6.45) is 1.03. The number of nitrogens with one attached hydrogen (secondary N) is 1. The molecule has 0 saturated carbocycles. The summed E-state index contributed by atoms with van der Waals surface area (Å²) in [5.74, 6) is 0. The van der Waals surface area contributed by atoms with Crippen LogP contribution in [0.15, 0.2) is 24.3 Å². The second-order valence-electron chi connectivity index (χ2n) is 5.02. The Morgan fingerprint density at radius 3 is 2.32 bits per heavy atom. The Kier molecular flexibility index (Phi) is 4.05. The lowest BCUT2D eigenvalue weighted by Crippen LogP contribution is -2.12. The van der Waals surface area contributed by atoms with E-state index >= 15 is 0 Å². The lowest BCUT2D eigenvalue weighted by Gasteiger charge is -2.11. The van der Waals surface area contributed by atoms with Crippen molar-refractivity contribution in [2.45, 2.75) is 40.2 Å². The Labute approximate surface area is 115 Å². The van der Waals surface area contributed by atoms with Crippen LogP contribution in [-0.4, -0.2) is 16.8 Å². The van der Waals surface area contributed by atoms with E-state index in [4.69, 9.17) is 0 Å². The van der Waals surface area contributed by atoms with Crippen LogP contribution in [0.5, 0.6) is 0 Å². The van der Waals surface area contributed by atoms with Gasteiger partial charge in [-0.15, -0.1) is 0 Å². The molecule has 0 saturated heterocycles. The smallest absolute Gasteiger partial charge is 0.0649 e. The number of nitrogens with zero attached hydrogens (tertiary/aromatic N) is 2. The van der Waals surface area contributed by atoms with Gasteiger partial charge in [-0.2, -0.15) is 5.10 Å². The number of rotatable bonds is 4. The first kappa shape index (κ1) is 13.8. The third-order valence-corrected chi connectivity index (χ3v) is 3.87. The molecule has 1 aromatic heterocycles. The number of hydrogen-bond donors (Lipinski definition) is 1. The molecule has 3 heteroatoms. The van der Waals surface area contributed by atoms with Crippen LogP contribution in [0.1, 0.15) is 42.4 Å². The third kappa shape index (κ3) is 2.56. The average Bonchev–Trinajstić information content (AvgIpc) is 2.72. The molecule has 0 amide bonds. The van der Waals surface area contributed by atoms with Gasteiger partial charge in [-0.3, -0.25) is 0 Å². The molecule has 102 valence electrons. The van der Waals surface area contributed by atoms with Crippen LogP contribution in [0.3, 0.4) is 0 Å². The number of hydrogen-bond acceptors (Lipinski definition) is 2.